The van der Waals surface area contributed by atoms with Gasteiger partial charge in [-0.05, 0) is 54.1 Å². The smallest absolute Gasteiger partial charge is 0.291 e. The molecule has 4 aromatic rings. The molecule has 2 aromatic carbocycles. The number of nitrogens with one attached hydrogen (secondary N) is 1. The van der Waals surface area contributed by atoms with Gasteiger partial charge in [0.15, 0.2) is 5.76 Å². The number of carbonyl (C=O) groups is 1. The molecule has 152 valence electrons. The lowest BCUT2D eigenvalue weighted by Crippen LogP contribution is -2.10. The van der Waals surface area contributed by atoms with Gasteiger partial charge in [0, 0.05) is 11.2 Å². The van der Waals surface area contributed by atoms with E-state index in [1.807, 2.05) is 0 Å². The molecule has 0 fully saturated rings. The van der Waals surface area contributed by atoms with Crippen LogP contribution in [0.1, 0.15) is 21.9 Å². The van der Waals surface area contributed by atoms with Gasteiger partial charge in [0.25, 0.3) is 5.91 Å². The van der Waals surface area contributed by atoms with E-state index in [0.717, 1.165) is 5.56 Å². The van der Waals surface area contributed by atoms with Crippen molar-refractivity contribution in [3.63, 3.8) is 0 Å². The molecule has 0 unspecified atom stereocenters. The molecule has 0 aliphatic rings. The predicted octanol–water partition coefficient (Wildman–Crippen LogP) is 5.15. The first-order valence-corrected chi connectivity index (χ1v) is 9.48. The highest BCUT2D eigenvalue weighted by molar-refractivity contribution is 6.30. The Kier molecular flexibility index (Phi) is 5.81. The summed E-state index contributed by atoms with van der Waals surface area (Å²) in [4.78, 5) is 12.4. The summed E-state index contributed by atoms with van der Waals surface area (Å²) in [6.07, 6.45) is 3.23. The van der Waals surface area contributed by atoms with E-state index in [4.69, 9.17) is 20.8 Å². The van der Waals surface area contributed by atoms with E-state index in [-0.39, 0.29) is 18.2 Å². The molecule has 0 spiro atoms. The molecule has 2 heterocycles. The van der Waals surface area contributed by atoms with E-state index in [0.29, 0.717) is 28.8 Å². The summed E-state index contributed by atoms with van der Waals surface area (Å²) in [5, 5.41) is 7.56. The zero-order valence-corrected chi connectivity index (χ0v) is 16.5. The molecule has 1 amide bonds. The molecule has 0 aliphatic carbocycles. The number of ether oxygens (including phenoxy) is 1. The van der Waals surface area contributed by atoms with Gasteiger partial charge < -0.3 is 14.5 Å². The summed E-state index contributed by atoms with van der Waals surface area (Å²) in [6.45, 7) is 0.646. The fraction of sp³-hybridized carbons (Fsp3) is 0.0909. The average molecular weight is 426 g/mol. The van der Waals surface area contributed by atoms with Crippen LogP contribution in [0.5, 0.6) is 5.75 Å². The number of hydrogen-bond donors (Lipinski definition) is 1. The van der Waals surface area contributed by atoms with Crippen LogP contribution in [0, 0.1) is 5.82 Å². The van der Waals surface area contributed by atoms with Crippen LogP contribution in [0.2, 0.25) is 5.02 Å². The van der Waals surface area contributed by atoms with Crippen LogP contribution in [0.4, 0.5) is 10.1 Å². The quantitative estimate of drug-likeness (QED) is 0.444. The Balaban J connectivity index is 1.32. The zero-order valence-electron chi connectivity index (χ0n) is 15.7. The third-order valence-corrected chi connectivity index (χ3v) is 4.48. The first-order valence-electron chi connectivity index (χ1n) is 9.10. The largest absolute Gasteiger partial charge is 0.486 e. The van der Waals surface area contributed by atoms with Gasteiger partial charge in [0.1, 0.15) is 23.9 Å². The number of amides is 1. The maximum absolute atomic E-state index is 13.0. The van der Waals surface area contributed by atoms with Gasteiger partial charge in [-0.25, -0.2) is 4.39 Å². The minimum atomic E-state index is -0.394. The molecule has 0 atom stereocenters. The van der Waals surface area contributed by atoms with E-state index >= 15 is 0 Å². The third-order valence-electron chi connectivity index (χ3n) is 4.23. The number of carbonyl (C=O) groups excluding carboxylic acids is 1. The lowest BCUT2D eigenvalue weighted by atomic mass is 10.2. The van der Waals surface area contributed by atoms with Crippen molar-refractivity contribution in [2.45, 2.75) is 13.2 Å². The van der Waals surface area contributed by atoms with Crippen LogP contribution >= 0.6 is 11.6 Å². The van der Waals surface area contributed by atoms with Gasteiger partial charge in [0.2, 0.25) is 0 Å². The molecule has 0 bridgehead atoms. The van der Waals surface area contributed by atoms with Gasteiger partial charge in [-0.1, -0.05) is 23.7 Å². The first kappa shape index (κ1) is 19.7. The summed E-state index contributed by atoms with van der Waals surface area (Å²) >= 11 is 5.84. The Hall–Kier alpha value is -3.58. The maximum atomic E-state index is 13.0. The van der Waals surface area contributed by atoms with Crippen molar-refractivity contribution in [3.8, 4) is 5.75 Å². The summed E-state index contributed by atoms with van der Waals surface area (Å²) in [5.74, 6) is 0.645. The fourth-order valence-corrected chi connectivity index (χ4v) is 2.87. The minimum Gasteiger partial charge on any atom is -0.486 e. The maximum Gasteiger partial charge on any atom is 0.291 e. The molecule has 1 N–H and O–H groups in total. The monoisotopic (exact) mass is 425 g/mol. The molecule has 2 aromatic heterocycles. The second-order valence-corrected chi connectivity index (χ2v) is 6.95. The standard InChI is InChI=1S/C22H17ClFN3O3/c23-16-3-7-19(8-4-16)29-14-20-9-10-21(30-20)22(28)26-18-11-25-27(13-18)12-15-1-5-17(24)6-2-15/h1-11,13H,12,14H2,(H,26,28). The van der Waals surface area contributed by atoms with Gasteiger partial charge in [0.05, 0.1) is 18.4 Å². The number of aromatic nitrogens is 2. The summed E-state index contributed by atoms with van der Waals surface area (Å²) in [6, 6.07) is 16.4. The number of furan rings is 1. The van der Waals surface area contributed by atoms with E-state index in [1.165, 1.54) is 18.3 Å². The highest BCUT2D eigenvalue weighted by atomic mass is 35.5. The SMILES string of the molecule is O=C(Nc1cnn(Cc2ccc(F)cc2)c1)c1ccc(COc2ccc(Cl)cc2)o1. The number of hydrogen-bond acceptors (Lipinski definition) is 4. The molecule has 0 aliphatic heterocycles. The summed E-state index contributed by atoms with van der Waals surface area (Å²) in [5.41, 5.74) is 1.42. The Labute approximate surface area is 176 Å². The minimum absolute atomic E-state index is 0.163. The van der Waals surface area contributed by atoms with Crippen LogP contribution in [0.3, 0.4) is 0 Å². The normalized spacial score (nSPS) is 10.7. The number of benzene rings is 2. The lowest BCUT2D eigenvalue weighted by Gasteiger charge is -2.04. The molecule has 0 radical (unpaired) electrons. The summed E-state index contributed by atoms with van der Waals surface area (Å²) < 4.78 is 25.8. The third kappa shape index (κ3) is 5.07. The fourth-order valence-electron chi connectivity index (χ4n) is 2.75. The predicted molar refractivity (Wildman–Crippen MR) is 110 cm³/mol. The highest BCUT2D eigenvalue weighted by Crippen LogP contribution is 2.18. The second kappa shape index (κ2) is 8.84. The average Bonchev–Trinajstić information content (AvgIpc) is 3.39. The van der Waals surface area contributed by atoms with Crippen LogP contribution in [-0.4, -0.2) is 15.7 Å². The highest BCUT2D eigenvalue weighted by Gasteiger charge is 2.13. The van der Waals surface area contributed by atoms with Crippen molar-refractivity contribution < 1.29 is 18.3 Å². The molecule has 8 heteroatoms. The Morgan fingerprint density at radius 1 is 1.10 bits per heavy atom. The second-order valence-electron chi connectivity index (χ2n) is 6.52. The van der Waals surface area contributed by atoms with Gasteiger partial charge in [-0.15, -0.1) is 0 Å². The lowest BCUT2D eigenvalue weighted by molar-refractivity contribution is 0.0992. The van der Waals surface area contributed by atoms with E-state index < -0.39 is 5.91 Å². The van der Waals surface area contributed by atoms with Gasteiger partial charge >= 0.3 is 0 Å². The number of nitrogens with zero attached hydrogens (tertiary/aromatic N) is 2. The van der Waals surface area contributed by atoms with Crippen molar-refractivity contribution in [3.05, 3.63) is 101 Å². The summed E-state index contributed by atoms with van der Waals surface area (Å²) in [7, 11) is 0. The molecule has 6 nitrogen and oxygen atoms in total. The van der Waals surface area contributed by atoms with Crippen LogP contribution < -0.4 is 10.1 Å². The number of anilines is 1. The van der Waals surface area contributed by atoms with E-state index in [9.17, 15) is 9.18 Å². The zero-order chi connectivity index (χ0) is 20.9. The molecule has 30 heavy (non-hydrogen) atoms. The van der Waals surface area contributed by atoms with Crippen LogP contribution in [0.15, 0.2) is 77.5 Å². The topological polar surface area (TPSA) is 69.3 Å². The molecular formula is C22H17ClFN3O3. The molecule has 4 rings (SSSR count). The Morgan fingerprint density at radius 3 is 2.63 bits per heavy atom. The van der Waals surface area contributed by atoms with Crippen molar-refractivity contribution in [1.29, 1.82) is 0 Å². The number of halogens is 2. The van der Waals surface area contributed by atoms with E-state index in [1.54, 1.807) is 59.4 Å². The first-order chi connectivity index (χ1) is 14.5. The van der Waals surface area contributed by atoms with Gasteiger partial charge in [-0.3, -0.25) is 9.48 Å². The van der Waals surface area contributed by atoms with Crippen molar-refractivity contribution in [2.24, 2.45) is 0 Å². The Bertz CT molecular complexity index is 1140. The van der Waals surface area contributed by atoms with Crippen molar-refractivity contribution >= 4 is 23.2 Å². The molecular weight excluding hydrogens is 409 g/mol. The van der Waals surface area contributed by atoms with Crippen LogP contribution in [0.25, 0.3) is 0 Å². The number of rotatable bonds is 7. The van der Waals surface area contributed by atoms with Crippen molar-refractivity contribution in [2.75, 3.05) is 5.32 Å². The van der Waals surface area contributed by atoms with Gasteiger partial charge in [-0.2, -0.15) is 5.10 Å². The molecule has 0 saturated carbocycles. The Morgan fingerprint density at radius 2 is 1.87 bits per heavy atom. The van der Waals surface area contributed by atoms with Crippen LogP contribution in [-0.2, 0) is 13.2 Å². The van der Waals surface area contributed by atoms with Crippen molar-refractivity contribution in [1.82, 2.24) is 9.78 Å². The van der Waals surface area contributed by atoms with E-state index in [2.05, 4.69) is 10.4 Å². The molecule has 0 saturated heterocycles.